The summed E-state index contributed by atoms with van der Waals surface area (Å²) >= 11 is 0. The van der Waals surface area contributed by atoms with Crippen LogP contribution in [0.2, 0.25) is 0 Å². The fraction of sp³-hybridized carbons (Fsp3) is 0.300. The highest BCUT2D eigenvalue weighted by Crippen LogP contribution is 2.11. The molecule has 1 aromatic heterocycles. The molecule has 0 saturated carbocycles. The van der Waals surface area contributed by atoms with Gasteiger partial charge in [-0.05, 0) is 22.9 Å². The molecule has 2 rings (SSSR count). The smallest absolute Gasteiger partial charge is 0.355 e. The van der Waals surface area contributed by atoms with Gasteiger partial charge in [0.05, 0.1) is 20.8 Å². The molecule has 0 aliphatic heterocycles. The number of rotatable bonds is 4. The fourth-order valence-corrected chi connectivity index (χ4v) is 1.27. The third-order valence-corrected chi connectivity index (χ3v) is 2.10. The largest absolute Gasteiger partial charge is 0.497 e. The summed E-state index contributed by atoms with van der Waals surface area (Å²) < 4.78 is 9.91. The zero-order valence-corrected chi connectivity index (χ0v) is 9.12. The zero-order chi connectivity index (χ0) is 11.4. The summed E-state index contributed by atoms with van der Waals surface area (Å²) in [5.74, 6) is 0.827. The number of nitrogens with zero attached hydrogens (tertiary/aromatic N) is 4. The van der Waals surface area contributed by atoms with Crippen LogP contribution >= 0.6 is 0 Å². The zero-order valence-electron chi connectivity index (χ0n) is 9.12. The van der Waals surface area contributed by atoms with Crippen LogP contribution in [0.25, 0.3) is 0 Å². The molecule has 6 heteroatoms. The summed E-state index contributed by atoms with van der Waals surface area (Å²) in [6, 6.07) is 7.96. The maximum atomic E-state index is 5.07. The van der Waals surface area contributed by atoms with Gasteiger partial charge >= 0.3 is 6.01 Å². The van der Waals surface area contributed by atoms with Gasteiger partial charge in [-0.25, -0.2) is 0 Å². The minimum atomic E-state index is 0.272. The van der Waals surface area contributed by atoms with Gasteiger partial charge in [-0.15, -0.1) is 0 Å². The highest BCUT2D eigenvalue weighted by atomic mass is 16.5. The Labute approximate surface area is 92.8 Å². The van der Waals surface area contributed by atoms with Crippen molar-refractivity contribution < 1.29 is 9.47 Å². The van der Waals surface area contributed by atoms with Gasteiger partial charge in [0.2, 0.25) is 0 Å². The van der Waals surface area contributed by atoms with Crippen LogP contribution in [0.1, 0.15) is 5.56 Å². The van der Waals surface area contributed by atoms with Crippen molar-refractivity contribution in [3.05, 3.63) is 29.8 Å². The van der Waals surface area contributed by atoms with Crippen molar-refractivity contribution in [1.82, 2.24) is 20.2 Å². The molecule has 0 aliphatic carbocycles. The topological polar surface area (TPSA) is 62.1 Å². The molecule has 0 unspecified atom stereocenters. The van der Waals surface area contributed by atoms with Crippen LogP contribution in [0.5, 0.6) is 11.8 Å². The van der Waals surface area contributed by atoms with E-state index in [1.807, 2.05) is 24.3 Å². The summed E-state index contributed by atoms with van der Waals surface area (Å²) in [5, 5.41) is 11.6. The Bertz CT molecular complexity index is 452. The lowest BCUT2D eigenvalue weighted by atomic mass is 10.2. The molecule has 2 aromatic rings. The first-order valence-corrected chi connectivity index (χ1v) is 4.76. The molecule has 0 saturated heterocycles. The van der Waals surface area contributed by atoms with E-state index in [-0.39, 0.29) is 6.01 Å². The first kappa shape index (κ1) is 10.4. The molecule has 0 atom stereocenters. The summed E-state index contributed by atoms with van der Waals surface area (Å²) in [5.41, 5.74) is 1.07. The van der Waals surface area contributed by atoms with E-state index in [0.717, 1.165) is 11.3 Å². The molecule has 1 aromatic carbocycles. The quantitative estimate of drug-likeness (QED) is 0.760. The number of ether oxygens (including phenoxy) is 2. The van der Waals surface area contributed by atoms with E-state index < -0.39 is 0 Å². The molecule has 1 heterocycles. The second-order valence-electron chi connectivity index (χ2n) is 3.15. The number of tetrazole rings is 1. The minimum Gasteiger partial charge on any atom is -0.497 e. The molecule has 16 heavy (non-hydrogen) atoms. The average Bonchev–Trinajstić information content (AvgIpc) is 2.78. The van der Waals surface area contributed by atoms with Crippen LogP contribution < -0.4 is 9.47 Å². The minimum absolute atomic E-state index is 0.272. The van der Waals surface area contributed by atoms with Crippen molar-refractivity contribution in [3.63, 3.8) is 0 Å². The Morgan fingerprint density at radius 3 is 2.44 bits per heavy atom. The van der Waals surface area contributed by atoms with Crippen molar-refractivity contribution in [2.24, 2.45) is 0 Å². The lowest BCUT2D eigenvalue weighted by molar-refractivity contribution is 0.377. The summed E-state index contributed by atoms with van der Waals surface area (Å²) in [6.45, 7) is 0.556. The van der Waals surface area contributed by atoms with E-state index in [2.05, 4.69) is 15.4 Å². The van der Waals surface area contributed by atoms with Crippen molar-refractivity contribution in [2.45, 2.75) is 6.54 Å². The van der Waals surface area contributed by atoms with Gasteiger partial charge in [0, 0.05) is 0 Å². The first-order valence-electron chi connectivity index (χ1n) is 4.76. The number of hydrogen-bond acceptors (Lipinski definition) is 5. The Hall–Kier alpha value is -2.11. The molecule has 0 bridgehead atoms. The molecular formula is C10H12N4O2. The van der Waals surface area contributed by atoms with Gasteiger partial charge in [0.25, 0.3) is 0 Å². The van der Waals surface area contributed by atoms with Crippen LogP contribution in [0.15, 0.2) is 24.3 Å². The summed E-state index contributed by atoms with van der Waals surface area (Å²) in [4.78, 5) is 1.47. The number of hydrogen-bond donors (Lipinski definition) is 0. The van der Waals surface area contributed by atoms with E-state index in [0.29, 0.717) is 6.54 Å². The predicted octanol–water partition coefficient (Wildman–Crippen LogP) is 0.739. The maximum absolute atomic E-state index is 5.07. The molecular weight excluding hydrogens is 208 g/mol. The number of benzene rings is 1. The lowest BCUT2D eigenvalue weighted by Crippen LogP contribution is -2.03. The van der Waals surface area contributed by atoms with Gasteiger partial charge in [-0.3, -0.25) is 0 Å². The van der Waals surface area contributed by atoms with Crippen LogP contribution in [-0.4, -0.2) is 34.4 Å². The van der Waals surface area contributed by atoms with Gasteiger partial charge in [-0.1, -0.05) is 22.3 Å². The lowest BCUT2D eigenvalue weighted by Gasteiger charge is -2.01. The fourth-order valence-electron chi connectivity index (χ4n) is 1.27. The van der Waals surface area contributed by atoms with Crippen LogP contribution in [0.3, 0.4) is 0 Å². The molecule has 0 amide bonds. The molecule has 0 spiro atoms. The van der Waals surface area contributed by atoms with Crippen molar-refractivity contribution in [2.75, 3.05) is 14.2 Å². The highest BCUT2D eigenvalue weighted by Gasteiger charge is 2.02. The predicted molar refractivity (Wildman–Crippen MR) is 56.5 cm³/mol. The SMILES string of the molecule is COc1ccc(Cn2nnc(OC)n2)cc1. The standard InChI is InChI=1S/C10H12N4O2/c1-15-9-5-3-8(4-6-9)7-14-12-10(16-2)11-13-14/h3-6H,7H2,1-2H3. The monoisotopic (exact) mass is 220 g/mol. The summed E-state index contributed by atoms with van der Waals surface area (Å²) in [7, 11) is 3.15. The Kier molecular flexibility index (Phi) is 3.00. The van der Waals surface area contributed by atoms with Crippen molar-refractivity contribution in [1.29, 1.82) is 0 Å². The average molecular weight is 220 g/mol. The molecule has 0 aliphatic rings. The second-order valence-corrected chi connectivity index (χ2v) is 3.15. The molecule has 0 radical (unpaired) electrons. The Morgan fingerprint density at radius 1 is 1.12 bits per heavy atom. The van der Waals surface area contributed by atoms with Gasteiger partial charge in [0.1, 0.15) is 5.75 Å². The van der Waals surface area contributed by atoms with E-state index in [4.69, 9.17) is 9.47 Å². The Morgan fingerprint density at radius 2 is 1.88 bits per heavy atom. The molecule has 84 valence electrons. The normalized spacial score (nSPS) is 10.1. The Balaban J connectivity index is 2.08. The van der Waals surface area contributed by atoms with Crippen molar-refractivity contribution in [3.8, 4) is 11.8 Å². The van der Waals surface area contributed by atoms with Gasteiger partial charge in [-0.2, -0.15) is 4.80 Å². The maximum Gasteiger partial charge on any atom is 0.355 e. The molecule has 0 N–H and O–H groups in total. The van der Waals surface area contributed by atoms with Gasteiger partial charge in [0.15, 0.2) is 0 Å². The van der Waals surface area contributed by atoms with Gasteiger partial charge < -0.3 is 9.47 Å². The van der Waals surface area contributed by atoms with Crippen LogP contribution in [0.4, 0.5) is 0 Å². The van der Waals surface area contributed by atoms with Crippen LogP contribution in [0, 0.1) is 0 Å². The number of methoxy groups -OCH3 is 2. The van der Waals surface area contributed by atoms with Crippen molar-refractivity contribution >= 4 is 0 Å². The molecule has 0 fully saturated rings. The third kappa shape index (κ3) is 2.28. The van der Waals surface area contributed by atoms with E-state index in [1.54, 1.807) is 7.11 Å². The van der Waals surface area contributed by atoms with E-state index in [9.17, 15) is 0 Å². The van der Waals surface area contributed by atoms with E-state index in [1.165, 1.54) is 11.9 Å². The number of aromatic nitrogens is 4. The molecule has 6 nitrogen and oxygen atoms in total. The van der Waals surface area contributed by atoms with E-state index >= 15 is 0 Å². The second kappa shape index (κ2) is 4.61. The highest BCUT2D eigenvalue weighted by molar-refractivity contribution is 5.27. The third-order valence-electron chi connectivity index (χ3n) is 2.10. The summed E-state index contributed by atoms with van der Waals surface area (Å²) in [6.07, 6.45) is 0. The first-order chi connectivity index (χ1) is 7.81. The van der Waals surface area contributed by atoms with Crippen LogP contribution in [-0.2, 0) is 6.54 Å².